The molecule has 3 aromatic rings. The maximum atomic E-state index is 13.2. The zero-order chi connectivity index (χ0) is 28.0. The molecular formula is C32H34F3NO3. The van der Waals surface area contributed by atoms with Gasteiger partial charge >= 0.3 is 6.18 Å². The molecule has 1 saturated carbocycles. The van der Waals surface area contributed by atoms with Crippen molar-refractivity contribution >= 4 is 11.7 Å². The zero-order valence-corrected chi connectivity index (χ0v) is 22.3. The third kappa shape index (κ3) is 7.49. The largest absolute Gasteiger partial charge is 0.486 e. The first-order chi connectivity index (χ1) is 18.6. The minimum Gasteiger partial charge on any atom is -0.486 e. The maximum Gasteiger partial charge on any atom is 0.416 e. The van der Waals surface area contributed by atoms with E-state index in [4.69, 9.17) is 4.74 Å². The Balaban J connectivity index is 1.37. The molecule has 0 spiro atoms. The van der Waals surface area contributed by atoms with Crippen LogP contribution in [0.25, 0.3) is 0 Å². The molecule has 7 heteroatoms. The first-order valence-electron chi connectivity index (χ1n) is 13.4. The Kier molecular flexibility index (Phi) is 9.10. The van der Waals surface area contributed by atoms with E-state index in [1.54, 1.807) is 11.9 Å². The normalized spacial score (nSPS) is 17.1. The highest BCUT2D eigenvalue weighted by atomic mass is 19.4. The number of Topliss-reactive ketones (excluding diaryl/α,β-unsaturated/α-hetero) is 1. The summed E-state index contributed by atoms with van der Waals surface area (Å²) in [5.41, 5.74) is 2.17. The Morgan fingerprint density at radius 2 is 1.64 bits per heavy atom. The van der Waals surface area contributed by atoms with E-state index in [1.165, 1.54) is 12.1 Å². The molecule has 0 radical (unpaired) electrons. The lowest BCUT2D eigenvalue weighted by molar-refractivity contribution is -0.137. The molecule has 0 N–H and O–H groups in total. The van der Waals surface area contributed by atoms with Crippen LogP contribution in [0.3, 0.4) is 0 Å². The number of nitrogens with zero attached hydrogens (tertiary/aromatic N) is 1. The Labute approximate surface area is 227 Å². The molecule has 4 nitrogen and oxygen atoms in total. The molecule has 1 amide bonds. The van der Waals surface area contributed by atoms with Crippen LogP contribution in [0.1, 0.15) is 66.9 Å². The van der Waals surface area contributed by atoms with Gasteiger partial charge < -0.3 is 9.64 Å². The number of ether oxygens (including phenoxy) is 1. The van der Waals surface area contributed by atoms with E-state index in [1.807, 2.05) is 61.5 Å². The number of ketones is 1. The number of amides is 1. The van der Waals surface area contributed by atoms with Crippen molar-refractivity contribution in [1.82, 2.24) is 4.90 Å². The second-order valence-electron chi connectivity index (χ2n) is 10.3. The number of rotatable bonds is 10. The third-order valence-electron chi connectivity index (χ3n) is 7.50. The van der Waals surface area contributed by atoms with Crippen molar-refractivity contribution in [3.8, 4) is 5.75 Å². The fourth-order valence-electron chi connectivity index (χ4n) is 5.07. The molecule has 39 heavy (non-hydrogen) atoms. The molecule has 3 aromatic carbocycles. The predicted octanol–water partition coefficient (Wildman–Crippen LogP) is 7.39. The summed E-state index contributed by atoms with van der Waals surface area (Å²) in [4.78, 5) is 26.9. The zero-order valence-electron chi connectivity index (χ0n) is 22.3. The lowest BCUT2D eigenvalue weighted by Gasteiger charge is -2.25. The van der Waals surface area contributed by atoms with Crippen molar-refractivity contribution in [2.75, 3.05) is 13.6 Å². The molecule has 1 aliphatic carbocycles. The Bertz CT molecular complexity index is 1240. The van der Waals surface area contributed by atoms with Gasteiger partial charge in [0.05, 0.1) is 11.5 Å². The summed E-state index contributed by atoms with van der Waals surface area (Å²) < 4.78 is 44.9. The van der Waals surface area contributed by atoms with Crippen LogP contribution in [0.15, 0.2) is 78.9 Å². The number of carbonyl (C=O) groups excluding carboxylic acids is 2. The fourth-order valence-corrected chi connectivity index (χ4v) is 5.07. The molecule has 2 unspecified atom stereocenters. The molecule has 1 fully saturated rings. The minimum absolute atomic E-state index is 0.0323. The van der Waals surface area contributed by atoms with Gasteiger partial charge in [-0.15, -0.1) is 0 Å². The number of alkyl halides is 3. The SMILES string of the molecule is CC(C(=O)N(C)CC[C@H](Oc1ccc(C(F)(F)F)cc1)c1ccccc1)c1ccc(CC2CCCC2=O)cc1. The summed E-state index contributed by atoms with van der Waals surface area (Å²) >= 11 is 0. The highest BCUT2D eigenvalue weighted by Gasteiger charge is 2.30. The maximum absolute atomic E-state index is 13.2. The average molecular weight is 538 g/mol. The predicted molar refractivity (Wildman–Crippen MR) is 144 cm³/mol. The van der Waals surface area contributed by atoms with E-state index >= 15 is 0 Å². The first kappa shape index (κ1) is 28.4. The van der Waals surface area contributed by atoms with Gasteiger partial charge in [-0.25, -0.2) is 0 Å². The molecule has 3 atom stereocenters. The van der Waals surface area contributed by atoms with Gasteiger partial charge in [0.1, 0.15) is 17.6 Å². The Morgan fingerprint density at radius 3 is 2.23 bits per heavy atom. The Hall–Kier alpha value is -3.61. The van der Waals surface area contributed by atoms with Crippen molar-refractivity contribution in [1.29, 1.82) is 0 Å². The minimum atomic E-state index is -4.41. The van der Waals surface area contributed by atoms with Crippen LogP contribution in [0.2, 0.25) is 0 Å². The highest BCUT2D eigenvalue weighted by molar-refractivity contribution is 5.83. The second kappa shape index (κ2) is 12.5. The van der Waals surface area contributed by atoms with E-state index < -0.39 is 17.8 Å². The Morgan fingerprint density at radius 1 is 0.974 bits per heavy atom. The second-order valence-corrected chi connectivity index (χ2v) is 10.3. The quantitative estimate of drug-likeness (QED) is 0.271. The number of carbonyl (C=O) groups is 2. The number of hydrogen-bond donors (Lipinski definition) is 0. The van der Waals surface area contributed by atoms with Crippen LogP contribution in [0, 0.1) is 5.92 Å². The smallest absolute Gasteiger partial charge is 0.416 e. The molecule has 0 aliphatic heterocycles. The van der Waals surface area contributed by atoms with Crippen molar-refractivity contribution < 1.29 is 27.5 Å². The van der Waals surface area contributed by atoms with Crippen molar-refractivity contribution in [2.45, 2.75) is 57.2 Å². The van der Waals surface area contributed by atoms with Gasteiger partial charge in [-0.1, -0.05) is 54.6 Å². The number of benzene rings is 3. The van der Waals surface area contributed by atoms with Crippen LogP contribution in [0.5, 0.6) is 5.75 Å². The van der Waals surface area contributed by atoms with Gasteiger partial charge in [-0.2, -0.15) is 13.2 Å². The number of hydrogen-bond acceptors (Lipinski definition) is 3. The summed E-state index contributed by atoms with van der Waals surface area (Å²) in [6.45, 7) is 2.28. The monoisotopic (exact) mass is 537 g/mol. The molecule has 0 saturated heterocycles. The summed E-state index contributed by atoms with van der Waals surface area (Å²) in [5.74, 6) is 0.417. The van der Waals surface area contributed by atoms with Gasteiger partial charge in [0.15, 0.2) is 0 Å². The van der Waals surface area contributed by atoms with Gasteiger partial charge in [-0.05, 0) is 67.1 Å². The van der Waals surface area contributed by atoms with E-state index in [9.17, 15) is 22.8 Å². The van der Waals surface area contributed by atoms with Gasteiger partial charge in [-0.3, -0.25) is 9.59 Å². The van der Waals surface area contributed by atoms with E-state index in [0.29, 0.717) is 30.9 Å². The molecule has 0 aromatic heterocycles. The number of halogens is 3. The highest BCUT2D eigenvalue weighted by Crippen LogP contribution is 2.32. The van der Waals surface area contributed by atoms with E-state index in [2.05, 4.69) is 0 Å². The lowest BCUT2D eigenvalue weighted by atomic mass is 9.93. The molecule has 1 aliphatic rings. The molecule has 4 rings (SSSR count). The summed E-state index contributed by atoms with van der Waals surface area (Å²) in [5, 5.41) is 0. The number of likely N-dealkylation sites (N-methyl/N-ethyl adjacent to an activating group) is 1. The molecule has 0 heterocycles. The van der Waals surface area contributed by atoms with E-state index in [-0.39, 0.29) is 17.7 Å². The summed E-state index contributed by atoms with van der Waals surface area (Å²) in [6, 6.07) is 22.0. The van der Waals surface area contributed by atoms with Gasteiger partial charge in [0.2, 0.25) is 5.91 Å². The van der Waals surface area contributed by atoms with E-state index in [0.717, 1.165) is 48.1 Å². The molecule has 0 bridgehead atoms. The summed E-state index contributed by atoms with van der Waals surface area (Å²) in [6.07, 6.45) is -1.03. The molecule has 206 valence electrons. The summed E-state index contributed by atoms with van der Waals surface area (Å²) in [7, 11) is 1.75. The molecular weight excluding hydrogens is 503 g/mol. The topological polar surface area (TPSA) is 46.6 Å². The van der Waals surface area contributed by atoms with Crippen molar-refractivity contribution in [3.05, 3.63) is 101 Å². The van der Waals surface area contributed by atoms with Crippen LogP contribution in [-0.2, 0) is 22.2 Å². The standard InChI is InChI=1S/C32H34F3NO3/c1-22(24-13-11-23(12-14-24)21-26-9-6-10-29(26)37)31(38)36(2)20-19-30(25-7-4-3-5-8-25)39-28-17-15-27(16-18-28)32(33,34)35/h3-5,7-8,11-18,22,26,30H,6,9-10,19-21H2,1-2H3/t22?,26?,30-/m0/s1. The van der Waals surface area contributed by atoms with Crippen LogP contribution >= 0.6 is 0 Å². The first-order valence-corrected chi connectivity index (χ1v) is 13.4. The van der Waals surface area contributed by atoms with Crippen LogP contribution in [0.4, 0.5) is 13.2 Å². The average Bonchev–Trinajstić information content (AvgIpc) is 3.34. The lowest BCUT2D eigenvalue weighted by Crippen LogP contribution is -2.32. The van der Waals surface area contributed by atoms with Crippen molar-refractivity contribution in [3.63, 3.8) is 0 Å². The third-order valence-corrected chi connectivity index (χ3v) is 7.50. The van der Waals surface area contributed by atoms with Gasteiger partial charge in [0, 0.05) is 32.4 Å². The van der Waals surface area contributed by atoms with Gasteiger partial charge in [0.25, 0.3) is 0 Å². The van der Waals surface area contributed by atoms with Crippen LogP contribution < -0.4 is 4.74 Å². The fraction of sp³-hybridized carbons (Fsp3) is 0.375. The van der Waals surface area contributed by atoms with Crippen molar-refractivity contribution in [2.24, 2.45) is 5.92 Å². The van der Waals surface area contributed by atoms with Crippen LogP contribution in [-0.4, -0.2) is 30.2 Å².